The molecule has 0 aliphatic rings. The van der Waals surface area contributed by atoms with Crippen LogP contribution in [0, 0.1) is 0 Å². The van der Waals surface area contributed by atoms with Crippen molar-refractivity contribution in [3.05, 3.63) is 28.2 Å². The Balaban J connectivity index is 3.23. The average molecular weight is 215 g/mol. The molecule has 0 saturated carbocycles. The van der Waals surface area contributed by atoms with Crippen molar-refractivity contribution < 1.29 is 9.90 Å². The van der Waals surface area contributed by atoms with Crippen LogP contribution in [0.15, 0.2) is 22.7 Å². The lowest BCUT2D eigenvalue weighted by Crippen LogP contribution is -2.23. The number of carboxylic acid groups (broad SMARTS) is 1. The van der Waals surface area contributed by atoms with Gasteiger partial charge >= 0.3 is 0 Å². The number of nitrogens with two attached hydrogens (primary N) is 1. The van der Waals surface area contributed by atoms with E-state index in [4.69, 9.17) is 5.73 Å². The van der Waals surface area contributed by atoms with Gasteiger partial charge in [-0.2, -0.15) is 0 Å². The van der Waals surface area contributed by atoms with Crippen molar-refractivity contribution in [1.29, 1.82) is 0 Å². The quantitative estimate of drug-likeness (QED) is 0.689. The molecule has 2 N–H and O–H groups in total. The third kappa shape index (κ3) is 1.71. The highest BCUT2D eigenvalue weighted by Crippen LogP contribution is 2.17. The van der Waals surface area contributed by atoms with Gasteiger partial charge in [0.05, 0.1) is 5.97 Å². The zero-order valence-electron chi connectivity index (χ0n) is 5.50. The lowest BCUT2D eigenvalue weighted by molar-refractivity contribution is -0.254. The van der Waals surface area contributed by atoms with E-state index in [-0.39, 0.29) is 11.3 Å². The van der Waals surface area contributed by atoms with E-state index >= 15 is 0 Å². The molecule has 0 fully saturated rings. The highest BCUT2D eigenvalue weighted by molar-refractivity contribution is 9.10. The van der Waals surface area contributed by atoms with Gasteiger partial charge in [0.25, 0.3) is 0 Å². The Morgan fingerprint density at radius 2 is 2.18 bits per heavy atom. The number of carbonyl (C=O) groups is 1. The molecule has 0 aliphatic carbocycles. The zero-order chi connectivity index (χ0) is 8.43. The van der Waals surface area contributed by atoms with Crippen LogP contribution in [0.4, 0.5) is 5.69 Å². The standard InChI is InChI=1S/C7H6BrNO2/c8-4-1-2-6(9)5(3-4)7(10)11/h1-3H,9H2,(H,10,11)/p-1. The highest BCUT2D eigenvalue weighted by atomic mass is 79.9. The van der Waals surface area contributed by atoms with E-state index in [2.05, 4.69) is 15.9 Å². The van der Waals surface area contributed by atoms with E-state index in [1.54, 1.807) is 6.07 Å². The maximum absolute atomic E-state index is 10.4. The van der Waals surface area contributed by atoms with Gasteiger partial charge in [-0.3, -0.25) is 0 Å². The number of carboxylic acids is 1. The molecule has 0 radical (unpaired) electrons. The van der Waals surface area contributed by atoms with Crippen LogP contribution >= 0.6 is 15.9 Å². The van der Waals surface area contributed by atoms with Crippen LogP contribution < -0.4 is 10.8 Å². The average Bonchev–Trinajstić information content (AvgIpc) is 1.94. The fourth-order valence-corrected chi connectivity index (χ4v) is 1.07. The highest BCUT2D eigenvalue weighted by Gasteiger charge is 1.99. The van der Waals surface area contributed by atoms with Gasteiger partial charge in [0.2, 0.25) is 0 Å². The first-order valence-corrected chi connectivity index (χ1v) is 3.67. The SMILES string of the molecule is Nc1ccc(Br)cc1C(=O)[O-]. The molecule has 0 saturated heterocycles. The number of carbonyl (C=O) groups excluding carboxylic acids is 1. The van der Waals surface area contributed by atoms with Crippen LogP contribution in [-0.2, 0) is 0 Å². The number of rotatable bonds is 1. The summed E-state index contributed by atoms with van der Waals surface area (Å²) in [5, 5.41) is 10.4. The zero-order valence-corrected chi connectivity index (χ0v) is 7.09. The monoisotopic (exact) mass is 214 g/mol. The van der Waals surface area contributed by atoms with E-state index in [0.29, 0.717) is 4.47 Å². The summed E-state index contributed by atoms with van der Waals surface area (Å²) in [7, 11) is 0. The Morgan fingerprint density at radius 3 is 2.64 bits per heavy atom. The van der Waals surface area contributed by atoms with Crippen molar-refractivity contribution in [3.8, 4) is 0 Å². The van der Waals surface area contributed by atoms with E-state index in [9.17, 15) is 9.90 Å². The molecule has 1 rings (SSSR count). The normalized spacial score (nSPS) is 9.55. The van der Waals surface area contributed by atoms with Gasteiger partial charge in [0.1, 0.15) is 0 Å². The molecule has 0 spiro atoms. The lowest BCUT2D eigenvalue weighted by atomic mass is 10.2. The van der Waals surface area contributed by atoms with Gasteiger partial charge in [0.15, 0.2) is 0 Å². The van der Waals surface area contributed by atoms with Crippen LogP contribution in [0.1, 0.15) is 10.4 Å². The Labute approximate surface area is 72.0 Å². The Morgan fingerprint density at radius 1 is 1.55 bits per heavy atom. The number of aromatic carboxylic acids is 1. The molecule has 1 aromatic carbocycles. The van der Waals surface area contributed by atoms with Gasteiger partial charge in [-0.15, -0.1) is 0 Å². The second-order valence-corrected chi connectivity index (χ2v) is 2.93. The predicted octanol–water partition coefficient (Wildman–Crippen LogP) is 0.395. The van der Waals surface area contributed by atoms with Crippen molar-refractivity contribution >= 4 is 27.6 Å². The van der Waals surface area contributed by atoms with Gasteiger partial charge in [0, 0.05) is 15.7 Å². The van der Waals surface area contributed by atoms with E-state index < -0.39 is 5.97 Å². The summed E-state index contributed by atoms with van der Waals surface area (Å²) < 4.78 is 0.672. The number of anilines is 1. The Bertz CT molecular complexity index is 298. The lowest BCUT2D eigenvalue weighted by Gasteiger charge is -2.05. The van der Waals surface area contributed by atoms with Crippen molar-refractivity contribution in [2.45, 2.75) is 0 Å². The second kappa shape index (κ2) is 2.92. The van der Waals surface area contributed by atoms with Gasteiger partial charge < -0.3 is 15.6 Å². The molecule has 0 aromatic heterocycles. The van der Waals surface area contributed by atoms with Gasteiger partial charge in [-0.1, -0.05) is 15.9 Å². The van der Waals surface area contributed by atoms with Crippen LogP contribution in [0.2, 0.25) is 0 Å². The molecule has 11 heavy (non-hydrogen) atoms. The molecule has 0 amide bonds. The Kier molecular flexibility index (Phi) is 2.14. The third-order valence-electron chi connectivity index (χ3n) is 1.24. The summed E-state index contributed by atoms with van der Waals surface area (Å²) in [6, 6.07) is 4.58. The fraction of sp³-hybridized carbons (Fsp3) is 0. The molecular weight excluding hydrogens is 210 g/mol. The Hall–Kier alpha value is -1.03. The van der Waals surface area contributed by atoms with Crippen molar-refractivity contribution in [1.82, 2.24) is 0 Å². The maximum Gasteiger partial charge on any atom is 0.0736 e. The van der Waals surface area contributed by atoms with E-state index in [1.807, 2.05) is 0 Å². The number of benzene rings is 1. The van der Waals surface area contributed by atoms with Gasteiger partial charge in [-0.25, -0.2) is 0 Å². The van der Waals surface area contributed by atoms with E-state index in [1.165, 1.54) is 12.1 Å². The van der Waals surface area contributed by atoms with Crippen molar-refractivity contribution in [3.63, 3.8) is 0 Å². The number of halogens is 1. The summed E-state index contributed by atoms with van der Waals surface area (Å²) in [5.74, 6) is -1.26. The molecule has 0 aliphatic heterocycles. The number of hydrogen-bond donors (Lipinski definition) is 1. The summed E-state index contributed by atoms with van der Waals surface area (Å²) in [4.78, 5) is 10.4. The molecule has 3 nitrogen and oxygen atoms in total. The topological polar surface area (TPSA) is 66.2 Å². The molecule has 0 atom stereocenters. The first kappa shape index (κ1) is 8.07. The molecular formula is C7H5BrNO2-. The fourth-order valence-electron chi connectivity index (χ4n) is 0.705. The third-order valence-corrected chi connectivity index (χ3v) is 1.73. The molecule has 0 heterocycles. The smallest absolute Gasteiger partial charge is 0.0736 e. The van der Waals surface area contributed by atoms with Crippen LogP contribution in [0.25, 0.3) is 0 Å². The van der Waals surface area contributed by atoms with Crippen molar-refractivity contribution in [2.75, 3.05) is 5.73 Å². The minimum Gasteiger partial charge on any atom is -0.545 e. The second-order valence-electron chi connectivity index (χ2n) is 2.02. The summed E-state index contributed by atoms with van der Waals surface area (Å²) in [5.41, 5.74) is 5.58. The summed E-state index contributed by atoms with van der Waals surface area (Å²) in [6.07, 6.45) is 0. The largest absolute Gasteiger partial charge is 0.545 e. The molecule has 0 unspecified atom stereocenters. The van der Waals surface area contributed by atoms with E-state index in [0.717, 1.165) is 0 Å². The van der Waals surface area contributed by atoms with Crippen molar-refractivity contribution in [2.24, 2.45) is 0 Å². The predicted molar refractivity (Wildman–Crippen MR) is 42.9 cm³/mol. The maximum atomic E-state index is 10.4. The first-order valence-electron chi connectivity index (χ1n) is 2.87. The molecule has 58 valence electrons. The first-order chi connectivity index (χ1) is 5.11. The minimum atomic E-state index is -1.26. The molecule has 0 bridgehead atoms. The number of hydrogen-bond acceptors (Lipinski definition) is 3. The molecule has 4 heteroatoms. The van der Waals surface area contributed by atoms with Gasteiger partial charge in [-0.05, 0) is 18.2 Å². The van der Waals surface area contributed by atoms with Crippen LogP contribution in [0.5, 0.6) is 0 Å². The van der Waals surface area contributed by atoms with Crippen LogP contribution in [-0.4, -0.2) is 5.97 Å². The van der Waals surface area contributed by atoms with Crippen LogP contribution in [0.3, 0.4) is 0 Å². The minimum absolute atomic E-state index is 0.0133. The number of nitrogen functional groups attached to an aromatic ring is 1. The molecule has 1 aromatic rings. The summed E-state index contributed by atoms with van der Waals surface area (Å²) in [6.45, 7) is 0. The summed E-state index contributed by atoms with van der Waals surface area (Å²) >= 11 is 3.12.